The summed E-state index contributed by atoms with van der Waals surface area (Å²) in [6.45, 7) is 2.33. The van der Waals surface area contributed by atoms with Crippen molar-refractivity contribution in [2.45, 2.75) is 58.0 Å². The number of carbonyl (C=O) groups is 2. The minimum atomic E-state index is -0.742. The van der Waals surface area contributed by atoms with Crippen LogP contribution >= 0.6 is 0 Å². The number of aromatic amines is 1. The Balaban J connectivity index is 1.41. The lowest BCUT2D eigenvalue weighted by Gasteiger charge is -2.22. The van der Waals surface area contributed by atoms with Crippen molar-refractivity contribution in [3.63, 3.8) is 0 Å². The van der Waals surface area contributed by atoms with Gasteiger partial charge in [0, 0.05) is 30.1 Å². The molecular formula is C21H28N2O3. The third-order valence-electron chi connectivity index (χ3n) is 5.24. The van der Waals surface area contributed by atoms with Crippen molar-refractivity contribution < 1.29 is 14.3 Å². The largest absolute Gasteiger partial charge is 0.453 e. The Bertz CT molecular complexity index is 747. The molecule has 1 saturated carbocycles. The molecule has 1 aliphatic carbocycles. The molecule has 1 aliphatic rings. The van der Waals surface area contributed by atoms with Gasteiger partial charge in [-0.3, -0.25) is 9.59 Å². The molecule has 1 fully saturated rings. The van der Waals surface area contributed by atoms with Gasteiger partial charge in [-0.25, -0.2) is 0 Å². The van der Waals surface area contributed by atoms with Crippen LogP contribution in [0.1, 0.15) is 51.0 Å². The first-order valence-electron chi connectivity index (χ1n) is 9.65. The molecule has 0 unspecified atom stereocenters. The van der Waals surface area contributed by atoms with E-state index in [0.29, 0.717) is 18.9 Å². The fourth-order valence-electron chi connectivity index (χ4n) is 3.66. The molecule has 0 radical (unpaired) electrons. The Hall–Kier alpha value is -2.30. The number of hydrogen-bond donors (Lipinski definition) is 2. The number of rotatable bonds is 7. The number of aromatic nitrogens is 1. The van der Waals surface area contributed by atoms with E-state index in [0.717, 1.165) is 16.5 Å². The number of esters is 1. The molecule has 0 spiro atoms. The third-order valence-corrected chi connectivity index (χ3v) is 5.24. The summed E-state index contributed by atoms with van der Waals surface area (Å²) in [6.07, 6.45) is 8.21. The van der Waals surface area contributed by atoms with Crippen molar-refractivity contribution in [2.24, 2.45) is 5.92 Å². The van der Waals surface area contributed by atoms with Crippen LogP contribution in [0.5, 0.6) is 0 Å². The highest BCUT2D eigenvalue weighted by Crippen LogP contribution is 2.23. The zero-order valence-corrected chi connectivity index (χ0v) is 15.4. The van der Waals surface area contributed by atoms with Gasteiger partial charge in [-0.2, -0.15) is 0 Å². The molecule has 1 aromatic heterocycles. The zero-order chi connectivity index (χ0) is 18.4. The number of amides is 1. The quantitative estimate of drug-likeness (QED) is 0.743. The van der Waals surface area contributed by atoms with Gasteiger partial charge in [0.15, 0.2) is 6.10 Å². The molecule has 140 valence electrons. The van der Waals surface area contributed by atoms with E-state index >= 15 is 0 Å². The Kier molecular flexibility index (Phi) is 6.31. The van der Waals surface area contributed by atoms with Gasteiger partial charge in [0.1, 0.15) is 0 Å². The van der Waals surface area contributed by atoms with Crippen LogP contribution in [0.15, 0.2) is 30.5 Å². The van der Waals surface area contributed by atoms with Crippen molar-refractivity contribution in [1.29, 1.82) is 0 Å². The van der Waals surface area contributed by atoms with Crippen molar-refractivity contribution in [1.82, 2.24) is 10.3 Å². The van der Waals surface area contributed by atoms with Crippen molar-refractivity contribution in [3.8, 4) is 0 Å². The highest BCUT2D eigenvalue weighted by atomic mass is 16.5. The smallest absolute Gasteiger partial charge is 0.306 e. The van der Waals surface area contributed by atoms with E-state index in [1.54, 1.807) is 6.92 Å². The average molecular weight is 356 g/mol. The highest BCUT2D eigenvalue weighted by Gasteiger charge is 2.20. The van der Waals surface area contributed by atoms with Crippen LogP contribution in [0.4, 0.5) is 0 Å². The van der Waals surface area contributed by atoms with Crippen molar-refractivity contribution in [2.75, 3.05) is 6.54 Å². The lowest BCUT2D eigenvalue weighted by molar-refractivity contribution is -0.154. The first-order chi connectivity index (χ1) is 12.6. The molecule has 3 rings (SSSR count). The van der Waals surface area contributed by atoms with Crippen LogP contribution < -0.4 is 5.32 Å². The van der Waals surface area contributed by atoms with Crippen LogP contribution in [0.25, 0.3) is 10.9 Å². The lowest BCUT2D eigenvalue weighted by Crippen LogP contribution is -2.38. The molecule has 1 heterocycles. The van der Waals surface area contributed by atoms with Crippen LogP contribution in [0, 0.1) is 5.92 Å². The van der Waals surface area contributed by atoms with Gasteiger partial charge in [0.05, 0.1) is 0 Å². The van der Waals surface area contributed by atoms with E-state index in [1.165, 1.54) is 32.1 Å². The summed E-state index contributed by atoms with van der Waals surface area (Å²) < 4.78 is 5.30. The van der Waals surface area contributed by atoms with Crippen LogP contribution in [-0.2, 0) is 20.7 Å². The number of carbonyl (C=O) groups excluding carboxylic acids is 2. The SMILES string of the molecule is C[C@H](OC(=O)CCc1c[nH]c2ccccc12)C(=O)NCC1CCCCC1. The van der Waals surface area contributed by atoms with E-state index in [9.17, 15) is 9.59 Å². The van der Waals surface area contributed by atoms with E-state index in [4.69, 9.17) is 4.74 Å². The second-order valence-electron chi connectivity index (χ2n) is 7.24. The first kappa shape index (κ1) is 18.5. The summed E-state index contributed by atoms with van der Waals surface area (Å²) in [7, 11) is 0. The molecule has 2 N–H and O–H groups in total. The van der Waals surface area contributed by atoms with Crippen molar-refractivity contribution in [3.05, 3.63) is 36.0 Å². The maximum Gasteiger partial charge on any atom is 0.306 e. The molecule has 1 aromatic carbocycles. The number of para-hydroxylation sites is 1. The molecule has 5 nitrogen and oxygen atoms in total. The van der Waals surface area contributed by atoms with E-state index < -0.39 is 6.10 Å². The summed E-state index contributed by atoms with van der Waals surface area (Å²) in [6, 6.07) is 8.00. The molecule has 26 heavy (non-hydrogen) atoms. The van der Waals surface area contributed by atoms with Gasteiger partial charge < -0.3 is 15.0 Å². The predicted octanol–water partition coefficient (Wildman–Crippen LogP) is 3.73. The number of hydrogen-bond acceptors (Lipinski definition) is 3. The minimum Gasteiger partial charge on any atom is -0.453 e. The molecule has 1 atom stereocenters. The summed E-state index contributed by atoms with van der Waals surface area (Å²) in [5, 5.41) is 4.05. The number of fused-ring (bicyclic) bond motifs is 1. The number of nitrogens with one attached hydrogen (secondary N) is 2. The fourth-order valence-corrected chi connectivity index (χ4v) is 3.66. The highest BCUT2D eigenvalue weighted by molar-refractivity contribution is 5.85. The van der Waals surface area contributed by atoms with E-state index in [1.807, 2.05) is 30.5 Å². The van der Waals surface area contributed by atoms with Gasteiger partial charge in [-0.05, 0) is 43.7 Å². The van der Waals surface area contributed by atoms with Gasteiger partial charge in [-0.1, -0.05) is 37.5 Å². The Labute approximate surface area is 154 Å². The first-order valence-corrected chi connectivity index (χ1v) is 9.65. The standard InChI is InChI=1S/C21H28N2O3/c1-15(21(25)23-13-16-7-3-2-4-8-16)26-20(24)12-11-17-14-22-19-10-6-5-9-18(17)19/h5-6,9-10,14-16,22H,2-4,7-8,11-13H2,1H3,(H,23,25)/t15-/m0/s1. The predicted molar refractivity (Wildman–Crippen MR) is 102 cm³/mol. The van der Waals surface area contributed by atoms with E-state index in [2.05, 4.69) is 10.3 Å². The molecular weight excluding hydrogens is 328 g/mol. The number of benzene rings is 1. The average Bonchev–Trinajstić information content (AvgIpc) is 3.08. The second kappa shape index (κ2) is 8.88. The Morgan fingerprint density at radius 1 is 1.23 bits per heavy atom. The zero-order valence-electron chi connectivity index (χ0n) is 15.4. The van der Waals surface area contributed by atoms with Gasteiger partial charge in [0.25, 0.3) is 5.91 Å². The Morgan fingerprint density at radius 3 is 2.81 bits per heavy atom. The maximum atomic E-state index is 12.1. The fraction of sp³-hybridized carbons (Fsp3) is 0.524. The molecule has 0 bridgehead atoms. The minimum absolute atomic E-state index is 0.198. The topological polar surface area (TPSA) is 71.2 Å². The Morgan fingerprint density at radius 2 is 2.00 bits per heavy atom. The summed E-state index contributed by atoms with van der Waals surface area (Å²) in [5.41, 5.74) is 2.15. The molecule has 0 aliphatic heterocycles. The summed E-state index contributed by atoms with van der Waals surface area (Å²) in [5.74, 6) is 0.0316. The third kappa shape index (κ3) is 4.87. The van der Waals surface area contributed by atoms with Gasteiger partial charge in [0.2, 0.25) is 0 Å². The summed E-state index contributed by atoms with van der Waals surface area (Å²) >= 11 is 0. The second-order valence-corrected chi connectivity index (χ2v) is 7.24. The molecule has 5 heteroatoms. The maximum absolute atomic E-state index is 12.1. The number of ether oxygens (including phenoxy) is 1. The summed E-state index contributed by atoms with van der Waals surface area (Å²) in [4.78, 5) is 27.4. The van der Waals surface area contributed by atoms with Crippen molar-refractivity contribution >= 4 is 22.8 Å². The van der Waals surface area contributed by atoms with Gasteiger partial charge >= 0.3 is 5.97 Å². The molecule has 1 amide bonds. The van der Waals surface area contributed by atoms with Crippen LogP contribution in [0.3, 0.4) is 0 Å². The van der Waals surface area contributed by atoms with Gasteiger partial charge in [-0.15, -0.1) is 0 Å². The van der Waals surface area contributed by atoms with Crippen LogP contribution in [0.2, 0.25) is 0 Å². The number of aryl methyl sites for hydroxylation is 1. The van der Waals surface area contributed by atoms with E-state index in [-0.39, 0.29) is 18.3 Å². The molecule has 0 saturated heterocycles. The normalized spacial score (nSPS) is 16.3. The molecule has 2 aromatic rings. The number of H-pyrrole nitrogens is 1. The van der Waals surface area contributed by atoms with Crippen LogP contribution in [-0.4, -0.2) is 29.5 Å². The lowest BCUT2D eigenvalue weighted by atomic mass is 9.89. The monoisotopic (exact) mass is 356 g/mol.